The van der Waals surface area contributed by atoms with Crippen LogP contribution in [0.15, 0.2) is 0 Å². The summed E-state index contributed by atoms with van der Waals surface area (Å²) in [5.41, 5.74) is 5.49. The number of piperidine rings is 1. The largest absolute Gasteiger partial charge is 0.444 e. The van der Waals surface area contributed by atoms with Gasteiger partial charge in [0.2, 0.25) is 0 Å². The second-order valence-electron chi connectivity index (χ2n) is 6.05. The van der Waals surface area contributed by atoms with Crippen molar-refractivity contribution in [3.63, 3.8) is 0 Å². The topological polar surface area (TPSA) is 55.6 Å². The third kappa shape index (κ3) is 2.03. The van der Waals surface area contributed by atoms with E-state index in [2.05, 4.69) is 0 Å². The Bertz CT molecular complexity index is 296. The minimum Gasteiger partial charge on any atom is -0.444 e. The molecule has 2 fully saturated rings. The van der Waals surface area contributed by atoms with Crippen LogP contribution in [-0.4, -0.2) is 35.2 Å². The molecule has 2 N–H and O–H groups in total. The van der Waals surface area contributed by atoms with Crippen molar-refractivity contribution in [1.29, 1.82) is 0 Å². The van der Waals surface area contributed by atoms with Crippen molar-refractivity contribution >= 4 is 6.09 Å². The van der Waals surface area contributed by atoms with Gasteiger partial charge in [-0.25, -0.2) is 4.79 Å². The Morgan fingerprint density at radius 3 is 2.56 bits per heavy atom. The SMILES string of the molecule is CC(N)C1[C@H]2CCN(C(=O)OC(C)(C)C)[C@@H]12. The van der Waals surface area contributed by atoms with Gasteiger partial charge in [-0.05, 0) is 46.0 Å². The number of carbonyl (C=O) groups is 1. The van der Waals surface area contributed by atoms with E-state index < -0.39 is 5.60 Å². The highest BCUT2D eigenvalue weighted by molar-refractivity contribution is 5.70. The number of amides is 1. The Morgan fingerprint density at radius 2 is 2.12 bits per heavy atom. The van der Waals surface area contributed by atoms with Gasteiger partial charge in [-0.1, -0.05) is 0 Å². The average Bonchev–Trinajstić information content (AvgIpc) is 2.64. The number of likely N-dealkylation sites (tertiary alicyclic amines) is 1. The molecule has 92 valence electrons. The number of rotatable bonds is 1. The molecule has 1 heterocycles. The number of nitrogens with zero attached hydrogens (tertiary/aromatic N) is 1. The van der Waals surface area contributed by atoms with Gasteiger partial charge in [-0.3, -0.25) is 0 Å². The highest BCUT2D eigenvalue weighted by atomic mass is 16.6. The molecule has 1 saturated carbocycles. The number of hydrogen-bond donors (Lipinski definition) is 1. The number of nitrogens with two attached hydrogens (primary N) is 1. The number of fused-ring (bicyclic) bond motifs is 1. The highest BCUT2D eigenvalue weighted by Gasteiger charge is 2.60. The van der Waals surface area contributed by atoms with Crippen molar-refractivity contribution in [2.45, 2.75) is 51.8 Å². The van der Waals surface area contributed by atoms with Crippen LogP contribution in [0.4, 0.5) is 4.79 Å². The second-order valence-corrected chi connectivity index (χ2v) is 6.05. The molecular formula is C12H22N2O2. The Labute approximate surface area is 97.1 Å². The summed E-state index contributed by atoms with van der Waals surface area (Å²) in [5.74, 6) is 1.11. The van der Waals surface area contributed by atoms with Crippen molar-refractivity contribution in [2.24, 2.45) is 17.6 Å². The quantitative estimate of drug-likeness (QED) is 0.738. The molecule has 1 saturated heterocycles. The van der Waals surface area contributed by atoms with Gasteiger partial charge < -0.3 is 15.4 Å². The molecule has 16 heavy (non-hydrogen) atoms. The van der Waals surface area contributed by atoms with Crippen molar-refractivity contribution in [1.82, 2.24) is 4.90 Å². The van der Waals surface area contributed by atoms with Gasteiger partial charge in [0.1, 0.15) is 5.60 Å². The first-order chi connectivity index (χ1) is 7.31. The molecular weight excluding hydrogens is 204 g/mol. The van der Waals surface area contributed by atoms with E-state index in [1.165, 1.54) is 0 Å². The molecule has 2 unspecified atom stereocenters. The lowest BCUT2D eigenvalue weighted by atomic mass is 10.1. The van der Waals surface area contributed by atoms with Crippen LogP contribution < -0.4 is 5.73 Å². The molecule has 0 radical (unpaired) electrons. The minimum absolute atomic E-state index is 0.178. The fraction of sp³-hybridized carbons (Fsp3) is 0.917. The van der Waals surface area contributed by atoms with Crippen molar-refractivity contribution < 1.29 is 9.53 Å². The Balaban J connectivity index is 1.95. The summed E-state index contributed by atoms with van der Waals surface area (Å²) in [5, 5.41) is 0. The molecule has 1 aliphatic heterocycles. The van der Waals surface area contributed by atoms with Crippen molar-refractivity contribution in [3.8, 4) is 0 Å². The van der Waals surface area contributed by atoms with Gasteiger partial charge in [-0.15, -0.1) is 0 Å². The van der Waals surface area contributed by atoms with E-state index in [0.29, 0.717) is 17.9 Å². The van der Waals surface area contributed by atoms with Gasteiger partial charge in [0, 0.05) is 18.6 Å². The van der Waals surface area contributed by atoms with E-state index in [-0.39, 0.29) is 12.1 Å². The van der Waals surface area contributed by atoms with Crippen LogP contribution in [0, 0.1) is 11.8 Å². The maximum absolute atomic E-state index is 11.9. The van der Waals surface area contributed by atoms with Gasteiger partial charge in [-0.2, -0.15) is 0 Å². The summed E-state index contributed by atoms with van der Waals surface area (Å²) < 4.78 is 5.39. The number of hydrogen-bond acceptors (Lipinski definition) is 3. The first kappa shape index (κ1) is 11.7. The first-order valence-corrected chi connectivity index (χ1v) is 6.06. The molecule has 0 spiro atoms. The summed E-state index contributed by atoms with van der Waals surface area (Å²) in [6.07, 6.45) is 0.902. The van der Waals surface area contributed by atoms with E-state index in [9.17, 15) is 4.79 Å². The lowest BCUT2D eigenvalue weighted by Crippen LogP contribution is -2.39. The Hall–Kier alpha value is -0.770. The van der Waals surface area contributed by atoms with Crippen LogP contribution in [0.2, 0.25) is 0 Å². The van der Waals surface area contributed by atoms with Crippen LogP contribution in [0.1, 0.15) is 34.1 Å². The maximum Gasteiger partial charge on any atom is 0.410 e. The maximum atomic E-state index is 11.9. The molecule has 0 aromatic rings. The zero-order valence-corrected chi connectivity index (χ0v) is 10.6. The minimum atomic E-state index is -0.409. The van der Waals surface area contributed by atoms with E-state index in [1.54, 1.807) is 0 Å². The predicted octanol–water partition coefficient (Wildman–Crippen LogP) is 1.59. The summed E-state index contributed by atoms with van der Waals surface area (Å²) >= 11 is 0. The third-order valence-electron chi connectivity index (χ3n) is 3.48. The molecule has 0 bridgehead atoms. The van der Waals surface area contributed by atoms with E-state index in [4.69, 9.17) is 10.5 Å². The van der Waals surface area contributed by atoms with Gasteiger partial charge >= 0.3 is 6.09 Å². The molecule has 2 aliphatic rings. The van der Waals surface area contributed by atoms with E-state index in [1.807, 2.05) is 32.6 Å². The first-order valence-electron chi connectivity index (χ1n) is 6.06. The molecule has 1 amide bonds. The lowest BCUT2D eigenvalue weighted by molar-refractivity contribution is 0.0250. The normalized spacial score (nSPS) is 34.6. The van der Waals surface area contributed by atoms with Crippen molar-refractivity contribution in [3.05, 3.63) is 0 Å². The van der Waals surface area contributed by atoms with Crippen molar-refractivity contribution in [2.75, 3.05) is 6.54 Å². The molecule has 0 aromatic carbocycles. The number of ether oxygens (including phenoxy) is 1. The Kier molecular flexibility index (Phi) is 2.65. The third-order valence-corrected chi connectivity index (χ3v) is 3.48. The predicted molar refractivity (Wildman–Crippen MR) is 62.0 cm³/mol. The lowest BCUT2D eigenvalue weighted by Gasteiger charge is -2.26. The molecule has 4 nitrogen and oxygen atoms in total. The summed E-state index contributed by atoms with van der Waals surface area (Å²) in [6, 6.07) is 0.523. The van der Waals surface area contributed by atoms with Gasteiger partial charge in [0.05, 0.1) is 0 Å². The van der Waals surface area contributed by atoms with E-state index in [0.717, 1.165) is 13.0 Å². The molecule has 0 aromatic heterocycles. The number of carbonyl (C=O) groups excluding carboxylic acids is 1. The standard InChI is InChI=1S/C12H22N2O2/c1-7(13)9-8-5-6-14(10(8)9)11(15)16-12(2,3)4/h7-10H,5-6,13H2,1-4H3/t7?,8-,9?,10-/m1/s1. The molecule has 2 rings (SSSR count). The van der Waals surface area contributed by atoms with Crippen LogP contribution >= 0.6 is 0 Å². The van der Waals surface area contributed by atoms with Crippen LogP contribution in [0.3, 0.4) is 0 Å². The van der Waals surface area contributed by atoms with Gasteiger partial charge in [0.15, 0.2) is 0 Å². The smallest absolute Gasteiger partial charge is 0.410 e. The summed E-state index contributed by atoms with van der Waals surface area (Å²) in [7, 11) is 0. The highest BCUT2D eigenvalue weighted by Crippen LogP contribution is 2.52. The fourth-order valence-corrected chi connectivity index (χ4v) is 2.86. The average molecular weight is 226 g/mol. The van der Waals surface area contributed by atoms with Gasteiger partial charge in [0.25, 0.3) is 0 Å². The summed E-state index contributed by atoms with van der Waals surface area (Å²) in [6.45, 7) is 8.54. The molecule has 4 heteroatoms. The van der Waals surface area contributed by atoms with Crippen LogP contribution in [0.25, 0.3) is 0 Å². The summed E-state index contributed by atoms with van der Waals surface area (Å²) in [4.78, 5) is 13.8. The Morgan fingerprint density at radius 1 is 1.50 bits per heavy atom. The fourth-order valence-electron chi connectivity index (χ4n) is 2.86. The van der Waals surface area contributed by atoms with Crippen LogP contribution in [-0.2, 0) is 4.74 Å². The molecule has 4 atom stereocenters. The molecule has 1 aliphatic carbocycles. The second kappa shape index (κ2) is 3.62. The zero-order valence-electron chi connectivity index (χ0n) is 10.6. The zero-order chi connectivity index (χ0) is 12.1. The van der Waals surface area contributed by atoms with E-state index >= 15 is 0 Å². The van der Waals surface area contributed by atoms with Crippen LogP contribution in [0.5, 0.6) is 0 Å². The monoisotopic (exact) mass is 226 g/mol.